The van der Waals surface area contributed by atoms with Crippen molar-refractivity contribution in [2.75, 3.05) is 0 Å². The molecule has 0 unspecified atom stereocenters. The van der Waals surface area contributed by atoms with Crippen molar-refractivity contribution >= 4 is 12.1 Å². The number of hydrazone groups is 1. The number of benzene rings is 2. The number of rotatable bonds is 15. The molecule has 1 N–H and O–H groups in total. The number of amides is 1. The van der Waals surface area contributed by atoms with Gasteiger partial charge in [0, 0.05) is 6.42 Å². The molecule has 1 amide bonds. The summed E-state index contributed by atoms with van der Waals surface area (Å²) in [5, 5.41) is 4.06. The molecule has 0 saturated heterocycles. The summed E-state index contributed by atoms with van der Waals surface area (Å²) in [6.07, 6.45) is 13.5. The van der Waals surface area contributed by atoms with Crippen LogP contribution >= 0.6 is 0 Å². The molecule has 0 radical (unpaired) electrons. The minimum atomic E-state index is -0.0164. The van der Waals surface area contributed by atoms with E-state index in [-0.39, 0.29) is 5.91 Å². The molecule has 168 valence electrons. The second-order valence-electron chi connectivity index (χ2n) is 8.21. The number of hydrogen-bond acceptors (Lipinski definition) is 3. The van der Waals surface area contributed by atoms with Crippen LogP contribution in [0.1, 0.15) is 87.8 Å². The van der Waals surface area contributed by atoms with Crippen LogP contribution in [0.15, 0.2) is 53.6 Å². The molecule has 0 heterocycles. The van der Waals surface area contributed by atoms with Gasteiger partial charge in [-0.3, -0.25) is 4.79 Å². The smallest absolute Gasteiger partial charge is 0.240 e. The molecule has 2 aromatic carbocycles. The molecule has 0 bridgehead atoms. The van der Waals surface area contributed by atoms with Crippen LogP contribution < -0.4 is 10.2 Å². The first-order valence-corrected chi connectivity index (χ1v) is 11.8. The molecule has 2 aromatic rings. The lowest BCUT2D eigenvalue weighted by atomic mass is 10.1. The van der Waals surface area contributed by atoms with Gasteiger partial charge < -0.3 is 4.74 Å². The molecule has 0 aliphatic heterocycles. The van der Waals surface area contributed by atoms with Gasteiger partial charge >= 0.3 is 0 Å². The van der Waals surface area contributed by atoms with E-state index >= 15 is 0 Å². The van der Waals surface area contributed by atoms with Crippen molar-refractivity contribution in [3.63, 3.8) is 0 Å². The average Bonchev–Trinajstić information content (AvgIpc) is 2.78. The van der Waals surface area contributed by atoms with E-state index < -0.39 is 0 Å². The molecule has 0 atom stereocenters. The van der Waals surface area contributed by atoms with E-state index in [1.807, 2.05) is 24.3 Å². The Morgan fingerprint density at radius 2 is 1.48 bits per heavy atom. The Bertz CT molecular complexity index is 767. The number of unbranched alkanes of at least 4 members (excludes halogenated alkanes) is 8. The molecule has 4 heteroatoms. The maximum absolute atomic E-state index is 11.9. The van der Waals surface area contributed by atoms with Gasteiger partial charge in [-0.15, -0.1) is 0 Å². The van der Waals surface area contributed by atoms with Gasteiger partial charge in [0.15, 0.2) is 0 Å². The monoisotopic (exact) mass is 422 g/mol. The summed E-state index contributed by atoms with van der Waals surface area (Å²) in [5.74, 6) is 0.796. The maximum Gasteiger partial charge on any atom is 0.240 e. The number of nitrogens with one attached hydrogen (secondary N) is 1. The van der Waals surface area contributed by atoms with Crippen molar-refractivity contribution in [1.29, 1.82) is 0 Å². The van der Waals surface area contributed by atoms with Crippen LogP contribution in [0.5, 0.6) is 5.75 Å². The van der Waals surface area contributed by atoms with Gasteiger partial charge in [0.25, 0.3) is 0 Å². The fourth-order valence-electron chi connectivity index (χ4n) is 3.33. The van der Waals surface area contributed by atoms with E-state index in [9.17, 15) is 4.79 Å². The Kier molecular flexibility index (Phi) is 12.1. The highest BCUT2D eigenvalue weighted by Gasteiger charge is 2.00. The zero-order valence-electron chi connectivity index (χ0n) is 19.2. The van der Waals surface area contributed by atoms with Gasteiger partial charge in [0.1, 0.15) is 12.4 Å². The molecule has 0 fully saturated rings. The summed E-state index contributed by atoms with van der Waals surface area (Å²) in [6.45, 7) is 4.86. The van der Waals surface area contributed by atoms with Gasteiger partial charge in [-0.2, -0.15) is 5.10 Å². The number of carbonyl (C=O) groups excluding carboxylic acids is 1. The number of ether oxygens (including phenoxy) is 1. The molecule has 4 nitrogen and oxygen atoms in total. The summed E-state index contributed by atoms with van der Waals surface area (Å²) < 4.78 is 5.81. The van der Waals surface area contributed by atoms with Crippen molar-refractivity contribution in [3.8, 4) is 5.75 Å². The first kappa shape index (κ1) is 24.6. The Labute approximate surface area is 188 Å². The van der Waals surface area contributed by atoms with E-state index in [0.717, 1.165) is 29.7 Å². The van der Waals surface area contributed by atoms with Crippen molar-refractivity contribution in [2.24, 2.45) is 5.10 Å². The highest BCUT2D eigenvalue weighted by Crippen LogP contribution is 2.14. The lowest BCUT2D eigenvalue weighted by Crippen LogP contribution is -2.16. The van der Waals surface area contributed by atoms with Crippen molar-refractivity contribution < 1.29 is 9.53 Å². The zero-order chi connectivity index (χ0) is 22.2. The molecule has 0 aliphatic carbocycles. The quantitative estimate of drug-likeness (QED) is 0.192. The average molecular weight is 423 g/mol. The maximum atomic E-state index is 11.9. The van der Waals surface area contributed by atoms with Gasteiger partial charge in [-0.1, -0.05) is 88.1 Å². The van der Waals surface area contributed by atoms with Gasteiger partial charge in [-0.25, -0.2) is 5.43 Å². The number of aryl methyl sites for hydroxylation is 1. The third-order valence-corrected chi connectivity index (χ3v) is 5.32. The topological polar surface area (TPSA) is 50.7 Å². The summed E-state index contributed by atoms with van der Waals surface area (Å²) in [6, 6.07) is 16.0. The Morgan fingerprint density at radius 3 is 2.13 bits per heavy atom. The van der Waals surface area contributed by atoms with Crippen molar-refractivity contribution in [2.45, 2.75) is 84.7 Å². The molecular weight excluding hydrogens is 384 g/mol. The lowest BCUT2D eigenvalue weighted by Gasteiger charge is -2.07. The number of hydrogen-bond donors (Lipinski definition) is 1. The van der Waals surface area contributed by atoms with Crippen LogP contribution in [0, 0.1) is 6.92 Å². The van der Waals surface area contributed by atoms with Crippen LogP contribution in [-0.4, -0.2) is 12.1 Å². The summed E-state index contributed by atoms with van der Waals surface area (Å²) in [7, 11) is 0. The minimum Gasteiger partial charge on any atom is -0.489 e. The molecule has 31 heavy (non-hydrogen) atoms. The normalized spacial score (nSPS) is 11.0. The van der Waals surface area contributed by atoms with Gasteiger partial charge in [0.2, 0.25) is 5.91 Å². The van der Waals surface area contributed by atoms with Crippen molar-refractivity contribution in [3.05, 3.63) is 65.2 Å². The molecule has 0 saturated carbocycles. The predicted molar refractivity (Wildman–Crippen MR) is 130 cm³/mol. The highest BCUT2D eigenvalue weighted by molar-refractivity contribution is 5.82. The fourth-order valence-corrected chi connectivity index (χ4v) is 3.33. The minimum absolute atomic E-state index is 0.0164. The van der Waals surface area contributed by atoms with E-state index in [2.05, 4.69) is 48.6 Å². The summed E-state index contributed by atoms with van der Waals surface area (Å²) in [4.78, 5) is 11.9. The van der Waals surface area contributed by atoms with Crippen molar-refractivity contribution in [1.82, 2.24) is 5.43 Å². The first-order chi connectivity index (χ1) is 15.2. The molecule has 0 aromatic heterocycles. The second-order valence-corrected chi connectivity index (χ2v) is 8.21. The molecule has 0 spiro atoms. The Morgan fingerprint density at radius 1 is 0.871 bits per heavy atom. The Hall–Kier alpha value is -2.62. The van der Waals surface area contributed by atoms with Gasteiger partial charge in [-0.05, 0) is 48.7 Å². The molecular formula is C27H38N2O2. The lowest BCUT2D eigenvalue weighted by molar-refractivity contribution is -0.121. The largest absolute Gasteiger partial charge is 0.489 e. The van der Waals surface area contributed by atoms with Crippen LogP contribution in [0.3, 0.4) is 0 Å². The second kappa shape index (κ2) is 15.2. The van der Waals surface area contributed by atoms with Gasteiger partial charge in [0.05, 0.1) is 6.21 Å². The van der Waals surface area contributed by atoms with E-state index in [0.29, 0.717) is 13.0 Å². The number of carbonyl (C=O) groups is 1. The van der Waals surface area contributed by atoms with Crippen LogP contribution in [-0.2, 0) is 11.4 Å². The third-order valence-electron chi connectivity index (χ3n) is 5.32. The Balaban J connectivity index is 1.56. The predicted octanol–water partition coefficient (Wildman–Crippen LogP) is 6.95. The highest BCUT2D eigenvalue weighted by atomic mass is 16.5. The van der Waals surface area contributed by atoms with E-state index in [1.54, 1.807) is 6.21 Å². The SMILES string of the molecule is CCCCCCCCCCCC(=O)N/N=C/c1ccc(OCc2ccc(C)cc2)cc1. The van der Waals surface area contributed by atoms with Crippen LogP contribution in [0.2, 0.25) is 0 Å². The standard InChI is InChI=1S/C27H38N2O2/c1-3-4-5-6-7-8-9-10-11-12-27(30)29-28-21-24-17-19-26(20-18-24)31-22-25-15-13-23(2)14-16-25/h13-21H,3-12,22H2,1-2H3,(H,29,30)/b28-21+. The third kappa shape index (κ3) is 11.4. The summed E-state index contributed by atoms with van der Waals surface area (Å²) >= 11 is 0. The van der Waals surface area contributed by atoms with Crippen LogP contribution in [0.25, 0.3) is 0 Å². The van der Waals surface area contributed by atoms with Crippen LogP contribution in [0.4, 0.5) is 0 Å². The summed E-state index contributed by atoms with van der Waals surface area (Å²) in [5.41, 5.74) is 5.93. The fraction of sp³-hybridized carbons (Fsp3) is 0.481. The van der Waals surface area contributed by atoms with E-state index in [1.165, 1.54) is 50.5 Å². The zero-order valence-corrected chi connectivity index (χ0v) is 19.2. The molecule has 2 rings (SSSR count). The number of nitrogens with zero attached hydrogens (tertiary/aromatic N) is 1. The van der Waals surface area contributed by atoms with E-state index in [4.69, 9.17) is 4.74 Å². The molecule has 0 aliphatic rings. The first-order valence-electron chi connectivity index (χ1n) is 11.8.